The largest absolute Gasteiger partial charge is 0.353 e. The third kappa shape index (κ3) is 2.84. The quantitative estimate of drug-likeness (QED) is 0.698. The van der Waals surface area contributed by atoms with Crippen molar-refractivity contribution in [2.75, 3.05) is 31.1 Å². The first-order chi connectivity index (χ1) is 12.2. The van der Waals surface area contributed by atoms with Crippen molar-refractivity contribution < 1.29 is 4.52 Å². The fraction of sp³-hybridized carbons (Fsp3) is 0.562. The molecule has 4 rings (SSSR count). The van der Waals surface area contributed by atoms with Crippen molar-refractivity contribution in [3.8, 4) is 0 Å². The van der Waals surface area contributed by atoms with Gasteiger partial charge in [0.15, 0.2) is 11.5 Å². The van der Waals surface area contributed by atoms with Gasteiger partial charge in [0.05, 0.1) is 17.6 Å². The fourth-order valence-corrected chi connectivity index (χ4v) is 3.26. The van der Waals surface area contributed by atoms with E-state index < -0.39 is 0 Å². The van der Waals surface area contributed by atoms with Gasteiger partial charge in [0, 0.05) is 39.6 Å². The van der Waals surface area contributed by atoms with Crippen molar-refractivity contribution in [3.63, 3.8) is 0 Å². The van der Waals surface area contributed by atoms with Crippen LogP contribution in [0.4, 0.5) is 5.82 Å². The highest BCUT2D eigenvalue weighted by Gasteiger charge is 2.27. The van der Waals surface area contributed by atoms with Crippen LogP contribution in [0.5, 0.6) is 0 Å². The number of hydrogen-bond acceptors (Lipinski definition) is 8. The Balaban J connectivity index is 1.47. The normalized spacial score (nSPS) is 17.3. The third-order valence-corrected chi connectivity index (χ3v) is 4.83. The third-order valence-electron chi connectivity index (χ3n) is 4.83. The minimum atomic E-state index is 0.124. The standard InChI is InChI=1S/C16H22N8O/c1-4-13-20-16(25-21-13)11(2)23-5-7-24(8-6-23)15-12-9-19-22(3)14(12)17-10-18-15/h9-11H,4-8H2,1-3H3/t11-/m0/s1. The van der Waals surface area contributed by atoms with Crippen molar-refractivity contribution in [2.24, 2.45) is 7.05 Å². The van der Waals surface area contributed by atoms with Crippen LogP contribution in [0.3, 0.4) is 0 Å². The molecular weight excluding hydrogens is 320 g/mol. The predicted molar refractivity (Wildman–Crippen MR) is 92.2 cm³/mol. The number of anilines is 1. The average Bonchev–Trinajstić information content (AvgIpc) is 3.28. The summed E-state index contributed by atoms with van der Waals surface area (Å²) in [6, 6.07) is 0.124. The van der Waals surface area contributed by atoms with Gasteiger partial charge in [0.1, 0.15) is 12.1 Å². The van der Waals surface area contributed by atoms with E-state index in [-0.39, 0.29) is 6.04 Å². The van der Waals surface area contributed by atoms with E-state index in [1.807, 2.05) is 20.2 Å². The highest BCUT2D eigenvalue weighted by molar-refractivity contribution is 5.86. The Morgan fingerprint density at radius 3 is 2.72 bits per heavy atom. The van der Waals surface area contributed by atoms with Crippen LogP contribution in [0.15, 0.2) is 17.0 Å². The van der Waals surface area contributed by atoms with Crippen molar-refractivity contribution in [1.82, 2.24) is 34.8 Å². The van der Waals surface area contributed by atoms with Crippen LogP contribution in [0, 0.1) is 0 Å². The summed E-state index contributed by atoms with van der Waals surface area (Å²) in [7, 11) is 1.90. The van der Waals surface area contributed by atoms with E-state index in [0.717, 1.165) is 55.3 Å². The van der Waals surface area contributed by atoms with Gasteiger partial charge in [0.2, 0.25) is 5.89 Å². The summed E-state index contributed by atoms with van der Waals surface area (Å²) >= 11 is 0. The Morgan fingerprint density at radius 2 is 2.00 bits per heavy atom. The van der Waals surface area contributed by atoms with Gasteiger partial charge in [0.25, 0.3) is 0 Å². The maximum Gasteiger partial charge on any atom is 0.243 e. The molecule has 1 atom stereocenters. The molecule has 0 aromatic carbocycles. The monoisotopic (exact) mass is 342 g/mol. The summed E-state index contributed by atoms with van der Waals surface area (Å²) < 4.78 is 7.17. The predicted octanol–water partition coefficient (Wildman–Crippen LogP) is 1.19. The number of rotatable bonds is 4. The topological polar surface area (TPSA) is 89.0 Å². The van der Waals surface area contributed by atoms with Gasteiger partial charge in [-0.15, -0.1) is 0 Å². The Hall–Kier alpha value is -2.55. The zero-order valence-corrected chi connectivity index (χ0v) is 14.8. The zero-order valence-electron chi connectivity index (χ0n) is 14.8. The van der Waals surface area contributed by atoms with E-state index in [9.17, 15) is 0 Å². The van der Waals surface area contributed by atoms with Gasteiger partial charge < -0.3 is 9.42 Å². The van der Waals surface area contributed by atoms with Crippen LogP contribution in [-0.2, 0) is 13.5 Å². The Labute approximate surface area is 145 Å². The number of piperazine rings is 1. The lowest BCUT2D eigenvalue weighted by atomic mass is 10.2. The fourth-order valence-electron chi connectivity index (χ4n) is 3.26. The van der Waals surface area contributed by atoms with Gasteiger partial charge in [-0.05, 0) is 6.92 Å². The maximum absolute atomic E-state index is 5.39. The summed E-state index contributed by atoms with van der Waals surface area (Å²) in [5, 5.41) is 9.29. The Morgan fingerprint density at radius 1 is 1.20 bits per heavy atom. The van der Waals surface area contributed by atoms with E-state index in [4.69, 9.17) is 4.52 Å². The highest BCUT2D eigenvalue weighted by atomic mass is 16.5. The molecule has 0 N–H and O–H groups in total. The maximum atomic E-state index is 5.39. The van der Waals surface area contributed by atoms with E-state index >= 15 is 0 Å². The van der Waals surface area contributed by atoms with Gasteiger partial charge in [-0.1, -0.05) is 12.1 Å². The molecule has 0 amide bonds. The average molecular weight is 342 g/mol. The lowest BCUT2D eigenvalue weighted by molar-refractivity contribution is 0.164. The lowest BCUT2D eigenvalue weighted by Gasteiger charge is -2.37. The van der Waals surface area contributed by atoms with E-state index in [2.05, 4.69) is 41.9 Å². The number of aromatic nitrogens is 6. The van der Waals surface area contributed by atoms with E-state index in [0.29, 0.717) is 5.89 Å². The Kier molecular flexibility index (Phi) is 4.08. The molecule has 3 aromatic heterocycles. The summed E-state index contributed by atoms with van der Waals surface area (Å²) in [5.41, 5.74) is 0.860. The molecule has 0 bridgehead atoms. The smallest absolute Gasteiger partial charge is 0.243 e. The first kappa shape index (κ1) is 15.9. The molecule has 1 aliphatic heterocycles. The molecule has 9 heteroatoms. The van der Waals surface area contributed by atoms with Crippen molar-refractivity contribution >= 4 is 16.9 Å². The number of nitrogens with zero attached hydrogens (tertiary/aromatic N) is 8. The minimum absolute atomic E-state index is 0.124. The minimum Gasteiger partial charge on any atom is -0.353 e. The van der Waals surface area contributed by atoms with Gasteiger partial charge in [-0.3, -0.25) is 9.58 Å². The molecule has 0 aliphatic carbocycles. The zero-order chi connectivity index (χ0) is 17.4. The lowest BCUT2D eigenvalue weighted by Crippen LogP contribution is -2.47. The molecule has 0 unspecified atom stereocenters. The van der Waals surface area contributed by atoms with Gasteiger partial charge in [-0.25, -0.2) is 9.97 Å². The van der Waals surface area contributed by atoms with Crippen molar-refractivity contribution in [3.05, 3.63) is 24.2 Å². The molecule has 25 heavy (non-hydrogen) atoms. The van der Waals surface area contributed by atoms with Crippen molar-refractivity contribution in [2.45, 2.75) is 26.3 Å². The van der Waals surface area contributed by atoms with Crippen molar-refractivity contribution in [1.29, 1.82) is 0 Å². The second-order valence-corrected chi connectivity index (χ2v) is 6.30. The molecule has 4 heterocycles. The van der Waals surface area contributed by atoms with Gasteiger partial charge in [-0.2, -0.15) is 10.1 Å². The summed E-state index contributed by atoms with van der Waals surface area (Å²) in [4.78, 5) is 17.9. The van der Waals surface area contributed by atoms with Crippen LogP contribution in [0.1, 0.15) is 31.6 Å². The molecule has 0 spiro atoms. The molecular formula is C16H22N8O. The molecule has 1 fully saturated rings. The molecule has 3 aromatic rings. The first-order valence-corrected chi connectivity index (χ1v) is 8.61. The Bertz CT molecular complexity index is 864. The SMILES string of the molecule is CCc1noc([C@H](C)N2CCN(c3ncnc4c3cnn4C)CC2)n1. The molecule has 1 saturated heterocycles. The second-order valence-electron chi connectivity index (χ2n) is 6.30. The summed E-state index contributed by atoms with van der Waals surface area (Å²) in [6.07, 6.45) is 4.24. The van der Waals surface area contributed by atoms with Crippen LogP contribution in [0.2, 0.25) is 0 Å². The molecule has 0 radical (unpaired) electrons. The van der Waals surface area contributed by atoms with Crippen LogP contribution in [-0.4, -0.2) is 61.0 Å². The number of fused-ring (bicyclic) bond motifs is 1. The molecule has 9 nitrogen and oxygen atoms in total. The van der Waals surface area contributed by atoms with Crippen LogP contribution >= 0.6 is 0 Å². The number of hydrogen-bond donors (Lipinski definition) is 0. The molecule has 1 aliphatic rings. The van der Waals surface area contributed by atoms with Crippen LogP contribution in [0.25, 0.3) is 11.0 Å². The first-order valence-electron chi connectivity index (χ1n) is 8.61. The molecule has 132 valence electrons. The number of aryl methyl sites for hydroxylation is 2. The van der Waals surface area contributed by atoms with E-state index in [1.165, 1.54) is 0 Å². The van der Waals surface area contributed by atoms with E-state index in [1.54, 1.807) is 11.0 Å². The molecule has 0 saturated carbocycles. The summed E-state index contributed by atoms with van der Waals surface area (Å²) in [5.74, 6) is 2.42. The highest BCUT2D eigenvalue weighted by Crippen LogP contribution is 2.26. The summed E-state index contributed by atoms with van der Waals surface area (Å²) in [6.45, 7) is 7.75. The second kappa shape index (κ2) is 6.40. The van der Waals surface area contributed by atoms with Crippen LogP contribution < -0.4 is 4.90 Å². The van der Waals surface area contributed by atoms with Gasteiger partial charge >= 0.3 is 0 Å².